The molecule has 1 aromatic carbocycles. The summed E-state index contributed by atoms with van der Waals surface area (Å²) in [6, 6.07) is 4.34. The average molecular weight is 269 g/mol. The molecule has 0 aliphatic carbocycles. The van der Waals surface area contributed by atoms with E-state index in [1.54, 1.807) is 12.1 Å². The second-order valence-corrected chi connectivity index (χ2v) is 5.04. The van der Waals surface area contributed by atoms with Gasteiger partial charge in [0.1, 0.15) is 0 Å². The first-order valence-corrected chi connectivity index (χ1v) is 6.71. The van der Waals surface area contributed by atoms with E-state index >= 15 is 0 Å². The molecule has 1 aromatic rings. The van der Waals surface area contributed by atoms with Gasteiger partial charge in [-0.15, -0.1) is 0 Å². The van der Waals surface area contributed by atoms with Crippen LogP contribution in [0, 0.1) is 11.6 Å². The molecule has 1 aliphatic rings. The number of nitrogens with one attached hydrogen (secondary N) is 1. The van der Waals surface area contributed by atoms with Crippen molar-refractivity contribution in [3.63, 3.8) is 0 Å². The van der Waals surface area contributed by atoms with E-state index in [-0.39, 0.29) is 0 Å². The van der Waals surface area contributed by atoms with Crippen LogP contribution in [-0.2, 0) is 6.54 Å². The zero-order valence-corrected chi connectivity index (χ0v) is 11.3. The van der Waals surface area contributed by atoms with Gasteiger partial charge < -0.3 is 10.2 Å². The third kappa shape index (κ3) is 4.23. The van der Waals surface area contributed by atoms with Crippen molar-refractivity contribution in [1.82, 2.24) is 15.1 Å². The predicted octanol–water partition coefficient (Wildman–Crippen LogP) is 1.30. The highest BCUT2D eigenvalue weighted by Gasteiger charge is 2.12. The molecular formula is C14H21F2N3. The highest BCUT2D eigenvalue weighted by Crippen LogP contribution is 2.12. The molecule has 0 unspecified atom stereocenters. The lowest BCUT2D eigenvalue weighted by Gasteiger charge is -2.29. The van der Waals surface area contributed by atoms with Gasteiger partial charge >= 0.3 is 0 Å². The largest absolute Gasteiger partial charge is 0.314 e. The zero-order chi connectivity index (χ0) is 13.7. The molecule has 0 spiro atoms. The highest BCUT2D eigenvalue weighted by atomic mass is 19.2. The summed E-state index contributed by atoms with van der Waals surface area (Å²) in [6.07, 6.45) is 0. The van der Waals surface area contributed by atoms with Gasteiger partial charge in [0.25, 0.3) is 0 Å². The fourth-order valence-corrected chi connectivity index (χ4v) is 2.29. The van der Waals surface area contributed by atoms with Gasteiger partial charge in [-0.05, 0) is 13.1 Å². The van der Waals surface area contributed by atoms with Crippen LogP contribution in [0.1, 0.15) is 5.56 Å². The summed E-state index contributed by atoms with van der Waals surface area (Å²) in [4.78, 5) is 4.41. The molecule has 1 aliphatic heterocycles. The Kier molecular flexibility index (Phi) is 5.24. The lowest BCUT2D eigenvalue weighted by molar-refractivity contribution is 0.201. The maximum absolute atomic E-state index is 13.5. The monoisotopic (exact) mass is 269 g/mol. The molecule has 0 saturated carbocycles. The first kappa shape index (κ1) is 14.4. The second kappa shape index (κ2) is 6.93. The Morgan fingerprint density at radius 2 is 2.00 bits per heavy atom. The van der Waals surface area contributed by atoms with Crippen molar-refractivity contribution in [2.75, 3.05) is 46.3 Å². The normalized spacial score (nSPS) is 17.1. The molecule has 106 valence electrons. The Balaban J connectivity index is 1.80. The molecule has 2 rings (SSSR count). The maximum atomic E-state index is 13.5. The van der Waals surface area contributed by atoms with Crippen LogP contribution in [0.5, 0.6) is 0 Å². The van der Waals surface area contributed by atoms with E-state index in [0.29, 0.717) is 12.1 Å². The predicted molar refractivity (Wildman–Crippen MR) is 72.0 cm³/mol. The molecule has 19 heavy (non-hydrogen) atoms. The number of hydrogen-bond donors (Lipinski definition) is 1. The zero-order valence-electron chi connectivity index (χ0n) is 11.3. The SMILES string of the molecule is CN(CCN1CCNCC1)Cc1cccc(F)c1F. The van der Waals surface area contributed by atoms with Gasteiger partial charge in [0.05, 0.1) is 0 Å². The van der Waals surface area contributed by atoms with E-state index in [1.165, 1.54) is 0 Å². The van der Waals surface area contributed by atoms with E-state index in [9.17, 15) is 8.78 Å². The lowest BCUT2D eigenvalue weighted by atomic mass is 10.2. The lowest BCUT2D eigenvalue weighted by Crippen LogP contribution is -2.45. The molecule has 0 bridgehead atoms. The van der Waals surface area contributed by atoms with Crippen LogP contribution in [0.3, 0.4) is 0 Å². The molecule has 5 heteroatoms. The van der Waals surface area contributed by atoms with Crippen LogP contribution in [0.4, 0.5) is 8.78 Å². The average Bonchev–Trinajstić information content (AvgIpc) is 2.43. The van der Waals surface area contributed by atoms with Crippen molar-refractivity contribution in [2.45, 2.75) is 6.54 Å². The van der Waals surface area contributed by atoms with E-state index in [1.807, 2.05) is 11.9 Å². The first-order valence-electron chi connectivity index (χ1n) is 6.71. The summed E-state index contributed by atoms with van der Waals surface area (Å²) in [5, 5.41) is 3.31. The molecule has 3 nitrogen and oxygen atoms in total. The van der Waals surface area contributed by atoms with Gasteiger partial charge in [-0.2, -0.15) is 0 Å². The Morgan fingerprint density at radius 3 is 2.74 bits per heavy atom. The third-order valence-electron chi connectivity index (χ3n) is 3.48. The summed E-state index contributed by atoms with van der Waals surface area (Å²) in [5.74, 6) is -1.50. The maximum Gasteiger partial charge on any atom is 0.163 e. The minimum absolute atomic E-state index is 0.419. The summed E-state index contributed by atoms with van der Waals surface area (Å²) < 4.78 is 26.6. The van der Waals surface area contributed by atoms with Crippen molar-refractivity contribution in [1.29, 1.82) is 0 Å². The molecule has 0 amide bonds. The Labute approximate surface area is 113 Å². The van der Waals surface area contributed by atoms with Gasteiger partial charge in [0.15, 0.2) is 11.6 Å². The van der Waals surface area contributed by atoms with Crippen LogP contribution < -0.4 is 5.32 Å². The Hall–Kier alpha value is -1.04. The smallest absolute Gasteiger partial charge is 0.163 e. The van der Waals surface area contributed by atoms with E-state index in [2.05, 4.69) is 10.2 Å². The third-order valence-corrected chi connectivity index (χ3v) is 3.48. The van der Waals surface area contributed by atoms with Crippen LogP contribution in [0.2, 0.25) is 0 Å². The second-order valence-electron chi connectivity index (χ2n) is 5.04. The van der Waals surface area contributed by atoms with Crippen LogP contribution in [0.25, 0.3) is 0 Å². The fourth-order valence-electron chi connectivity index (χ4n) is 2.29. The minimum atomic E-state index is -0.770. The quantitative estimate of drug-likeness (QED) is 0.869. The minimum Gasteiger partial charge on any atom is -0.314 e. The number of halogens is 2. The summed E-state index contributed by atoms with van der Waals surface area (Å²) in [7, 11) is 1.94. The van der Waals surface area contributed by atoms with Gasteiger partial charge in [-0.25, -0.2) is 8.78 Å². The van der Waals surface area contributed by atoms with E-state index in [0.717, 1.165) is 45.3 Å². The summed E-state index contributed by atoms with van der Waals surface area (Å²) in [6.45, 7) is 6.44. The topological polar surface area (TPSA) is 18.5 Å². The molecule has 1 fully saturated rings. The van der Waals surface area contributed by atoms with Gasteiger partial charge in [0, 0.05) is 51.4 Å². The standard InChI is InChI=1S/C14H21F2N3/c1-18(9-10-19-7-5-17-6-8-19)11-12-3-2-4-13(15)14(12)16/h2-4,17H,5-11H2,1H3. The highest BCUT2D eigenvalue weighted by molar-refractivity contribution is 5.18. The van der Waals surface area contributed by atoms with Gasteiger partial charge in [0.2, 0.25) is 0 Å². The van der Waals surface area contributed by atoms with Crippen molar-refractivity contribution in [2.24, 2.45) is 0 Å². The molecular weight excluding hydrogens is 248 g/mol. The first-order chi connectivity index (χ1) is 9.16. The molecule has 1 N–H and O–H groups in total. The van der Waals surface area contributed by atoms with Crippen molar-refractivity contribution >= 4 is 0 Å². The number of likely N-dealkylation sites (N-methyl/N-ethyl adjacent to an activating group) is 1. The number of piperazine rings is 1. The Morgan fingerprint density at radius 1 is 1.26 bits per heavy atom. The van der Waals surface area contributed by atoms with Gasteiger partial charge in [-0.1, -0.05) is 12.1 Å². The Bertz CT molecular complexity index is 406. The summed E-state index contributed by atoms with van der Waals surface area (Å²) in [5.41, 5.74) is 0.419. The van der Waals surface area contributed by atoms with E-state index < -0.39 is 11.6 Å². The fraction of sp³-hybridized carbons (Fsp3) is 0.571. The summed E-state index contributed by atoms with van der Waals surface area (Å²) >= 11 is 0. The van der Waals surface area contributed by atoms with E-state index in [4.69, 9.17) is 0 Å². The van der Waals surface area contributed by atoms with Crippen molar-refractivity contribution in [3.05, 3.63) is 35.4 Å². The van der Waals surface area contributed by atoms with Gasteiger partial charge in [-0.3, -0.25) is 4.90 Å². The number of rotatable bonds is 5. The molecule has 0 aromatic heterocycles. The number of benzene rings is 1. The van der Waals surface area contributed by atoms with Crippen LogP contribution in [0.15, 0.2) is 18.2 Å². The number of hydrogen-bond acceptors (Lipinski definition) is 3. The number of nitrogens with zero attached hydrogens (tertiary/aromatic N) is 2. The molecule has 1 saturated heterocycles. The molecule has 0 radical (unpaired) electrons. The molecule has 0 atom stereocenters. The van der Waals surface area contributed by atoms with Crippen molar-refractivity contribution < 1.29 is 8.78 Å². The van der Waals surface area contributed by atoms with Crippen molar-refractivity contribution in [3.8, 4) is 0 Å². The van der Waals surface area contributed by atoms with Crippen LogP contribution in [-0.4, -0.2) is 56.1 Å². The molecule has 1 heterocycles. The van der Waals surface area contributed by atoms with Crippen LogP contribution >= 0.6 is 0 Å².